The fraction of sp³-hybridized carbons (Fsp3) is 0.0833. The van der Waals surface area contributed by atoms with E-state index in [1.807, 2.05) is 0 Å². The van der Waals surface area contributed by atoms with Gasteiger partial charge < -0.3 is 0 Å². The third-order valence-corrected chi connectivity index (χ3v) is 5.01. The summed E-state index contributed by atoms with van der Waals surface area (Å²) < 4.78 is 0. The first-order chi connectivity index (χ1) is 17.2. The average molecular weight is 488 g/mol. The topological polar surface area (TPSA) is 169 Å². The van der Waals surface area contributed by atoms with Crippen molar-refractivity contribution in [1.29, 1.82) is 0 Å². The minimum atomic E-state index is -0.536. The number of hydrazone groups is 2. The van der Waals surface area contributed by atoms with Gasteiger partial charge in [-0.25, -0.2) is 10.9 Å². The van der Waals surface area contributed by atoms with Crippen LogP contribution in [0.2, 0.25) is 0 Å². The minimum Gasteiger partial charge on any atom is -0.267 e. The van der Waals surface area contributed by atoms with E-state index in [0.717, 1.165) is 0 Å². The molecule has 2 N–H and O–H groups in total. The smallest absolute Gasteiger partial charge is 0.267 e. The van der Waals surface area contributed by atoms with Crippen molar-refractivity contribution in [2.45, 2.75) is 13.8 Å². The maximum atomic E-state index is 12.4. The number of carbonyl (C=O) groups is 2. The monoisotopic (exact) mass is 488 g/mol. The van der Waals surface area contributed by atoms with Crippen LogP contribution in [-0.4, -0.2) is 33.1 Å². The fourth-order valence-electron chi connectivity index (χ4n) is 2.99. The molecule has 0 saturated carbocycles. The highest BCUT2D eigenvalue weighted by Gasteiger charge is 2.11. The first-order valence-electron chi connectivity index (χ1n) is 10.4. The zero-order chi connectivity index (χ0) is 26.2. The Labute approximate surface area is 204 Å². The van der Waals surface area contributed by atoms with Crippen LogP contribution in [0.5, 0.6) is 0 Å². The molecule has 0 fully saturated rings. The first kappa shape index (κ1) is 25.4. The van der Waals surface area contributed by atoms with Gasteiger partial charge in [0.05, 0.1) is 21.3 Å². The minimum absolute atomic E-state index is 0.0909. The largest absolute Gasteiger partial charge is 0.271 e. The summed E-state index contributed by atoms with van der Waals surface area (Å²) in [6, 6.07) is 17.4. The Bertz CT molecular complexity index is 1290. The van der Waals surface area contributed by atoms with Gasteiger partial charge in [-0.15, -0.1) is 0 Å². The summed E-state index contributed by atoms with van der Waals surface area (Å²) in [6.45, 7) is 3.20. The van der Waals surface area contributed by atoms with Crippen LogP contribution in [0.3, 0.4) is 0 Å². The van der Waals surface area contributed by atoms with E-state index in [2.05, 4.69) is 21.1 Å². The van der Waals surface area contributed by atoms with Crippen molar-refractivity contribution in [2.75, 3.05) is 0 Å². The molecule has 0 unspecified atom stereocenters. The molecule has 0 atom stereocenters. The van der Waals surface area contributed by atoms with E-state index in [9.17, 15) is 29.8 Å². The molecule has 0 radical (unpaired) electrons. The Kier molecular flexibility index (Phi) is 7.92. The van der Waals surface area contributed by atoms with Gasteiger partial charge >= 0.3 is 0 Å². The Morgan fingerprint density at radius 3 is 1.33 bits per heavy atom. The Morgan fingerprint density at radius 2 is 1.00 bits per heavy atom. The summed E-state index contributed by atoms with van der Waals surface area (Å²) in [4.78, 5) is 45.6. The summed E-state index contributed by atoms with van der Waals surface area (Å²) in [5.74, 6) is -1.07. The molecule has 0 saturated heterocycles. The van der Waals surface area contributed by atoms with Crippen molar-refractivity contribution in [3.8, 4) is 0 Å². The second-order valence-electron chi connectivity index (χ2n) is 7.47. The molecule has 182 valence electrons. The maximum absolute atomic E-state index is 12.4. The van der Waals surface area contributed by atoms with Gasteiger partial charge in [-0.2, -0.15) is 10.2 Å². The number of nitro benzene ring substituents is 2. The lowest BCUT2D eigenvalue weighted by Gasteiger charge is -2.05. The predicted octanol–water partition coefficient (Wildman–Crippen LogP) is 3.81. The molecular weight excluding hydrogens is 468 g/mol. The molecule has 2 amide bonds. The second-order valence-corrected chi connectivity index (χ2v) is 7.47. The molecule has 3 aromatic rings. The van der Waals surface area contributed by atoms with Gasteiger partial charge in [0.2, 0.25) is 0 Å². The molecule has 12 heteroatoms. The fourth-order valence-corrected chi connectivity index (χ4v) is 2.99. The molecule has 0 aromatic heterocycles. The summed E-state index contributed by atoms with van der Waals surface area (Å²) in [6.07, 6.45) is 0. The molecule has 0 aliphatic carbocycles. The maximum Gasteiger partial charge on any atom is 0.271 e. The zero-order valence-corrected chi connectivity index (χ0v) is 19.2. The van der Waals surface area contributed by atoms with Crippen LogP contribution < -0.4 is 10.9 Å². The van der Waals surface area contributed by atoms with Crippen LogP contribution >= 0.6 is 0 Å². The Morgan fingerprint density at radius 1 is 0.639 bits per heavy atom. The quantitative estimate of drug-likeness (QED) is 0.277. The third-order valence-electron chi connectivity index (χ3n) is 5.01. The molecule has 36 heavy (non-hydrogen) atoms. The van der Waals surface area contributed by atoms with E-state index in [1.165, 1.54) is 60.7 Å². The molecule has 3 rings (SSSR count). The Hall–Kier alpha value is -5.26. The van der Waals surface area contributed by atoms with E-state index < -0.39 is 21.7 Å². The van der Waals surface area contributed by atoms with Crippen LogP contribution in [0.15, 0.2) is 83.0 Å². The first-order valence-corrected chi connectivity index (χ1v) is 10.4. The molecule has 0 aliphatic rings. The van der Waals surface area contributed by atoms with Gasteiger partial charge in [0.25, 0.3) is 23.2 Å². The van der Waals surface area contributed by atoms with Crippen molar-refractivity contribution >= 4 is 34.6 Å². The van der Waals surface area contributed by atoms with Crippen LogP contribution in [0, 0.1) is 20.2 Å². The van der Waals surface area contributed by atoms with Crippen molar-refractivity contribution in [3.63, 3.8) is 0 Å². The number of nitro groups is 2. The Balaban J connectivity index is 1.62. The standard InChI is InChI=1S/C24H20N6O6/c1-15(19-5-3-7-21(13-19)29(33)34)25-27-23(31)17-9-11-18(12-10-17)24(32)28-26-16(2)20-6-4-8-22(14-20)30(35)36/h3-14H,1-2H3,(H,27,31)(H,28,32)/b25-15+,26-16+. The van der Waals surface area contributed by atoms with Crippen molar-refractivity contribution in [1.82, 2.24) is 10.9 Å². The number of rotatable bonds is 8. The van der Waals surface area contributed by atoms with Crippen LogP contribution in [0.25, 0.3) is 0 Å². The van der Waals surface area contributed by atoms with Gasteiger partial charge in [0, 0.05) is 46.5 Å². The molecule has 0 spiro atoms. The summed E-state index contributed by atoms with van der Waals surface area (Å²) in [5.41, 5.74) is 6.75. The lowest BCUT2D eigenvalue weighted by atomic mass is 10.1. The molecule has 0 heterocycles. The van der Waals surface area contributed by atoms with Crippen LogP contribution in [0.4, 0.5) is 11.4 Å². The van der Waals surface area contributed by atoms with E-state index in [1.54, 1.807) is 26.0 Å². The SMILES string of the molecule is C/C(=N\NC(=O)c1ccc(C(=O)N/N=C(\C)c2cccc([N+](=O)[O-])c2)cc1)c1cccc([N+](=O)[O-])c1. The zero-order valence-electron chi connectivity index (χ0n) is 19.2. The summed E-state index contributed by atoms with van der Waals surface area (Å²) >= 11 is 0. The summed E-state index contributed by atoms with van der Waals surface area (Å²) in [5, 5.41) is 29.8. The predicted molar refractivity (Wildman–Crippen MR) is 132 cm³/mol. The molecule has 3 aromatic carbocycles. The molecule has 0 aliphatic heterocycles. The number of nitrogens with zero attached hydrogens (tertiary/aromatic N) is 4. The summed E-state index contributed by atoms with van der Waals surface area (Å²) in [7, 11) is 0. The van der Waals surface area contributed by atoms with Crippen LogP contribution in [-0.2, 0) is 0 Å². The molecule has 12 nitrogen and oxygen atoms in total. The van der Waals surface area contributed by atoms with Gasteiger partial charge in [-0.3, -0.25) is 29.8 Å². The number of benzene rings is 3. The van der Waals surface area contributed by atoms with E-state index >= 15 is 0 Å². The van der Waals surface area contributed by atoms with E-state index in [0.29, 0.717) is 22.6 Å². The normalized spacial score (nSPS) is 11.5. The highest BCUT2D eigenvalue weighted by molar-refractivity contribution is 6.03. The average Bonchev–Trinajstić information content (AvgIpc) is 2.90. The van der Waals surface area contributed by atoms with Gasteiger partial charge in [0.1, 0.15) is 0 Å². The lowest BCUT2D eigenvalue weighted by Crippen LogP contribution is -2.21. The number of amides is 2. The van der Waals surface area contributed by atoms with Crippen molar-refractivity contribution in [2.24, 2.45) is 10.2 Å². The van der Waals surface area contributed by atoms with Gasteiger partial charge in [-0.1, -0.05) is 24.3 Å². The second kappa shape index (κ2) is 11.2. The van der Waals surface area contributed by atoms with Gasteiger partial charge in [0.15, 0.2) is 0 Å². The van der Waals surface area contributed by atoms with E-state index in [-0.39, 0.29) is 22.5 Å². The number of non-ortho nitro benzene ring substituents is 2. The van der Waals surface area contributed by atoms with Crippen LogP contribution in [0.1, 0.15) is 45.7 Å². The van der Waals surface area contributed by atoms with Gasteiger partial charge in [-0.05, 0) is 38.1 Å². The number of nitrogens with one attached hydrogen (secondary N) is 2. The molecular formula is C24H20N6O6. The number of carbonyl (C=O) groups excluding carboxylic acids is 2. The number of hydrogen-bond acceptors (Lipinski definition) is 8. The third kappa shape index (κ3) is 6.41. The number of hydrogen-bond donors (Lipinski definition) is 2. The molecule has 0 bridgehead atoms. The lowest BCUT2D eigenvalue weighted by molar-refractivity contribution is -0.385. The van der Waals surface area contributed by atoms with Crippen molar-refractivity contribution < 1.29 is 19.4 Å². The highest BCUT2D eigenvalue weighted by Crippen LogP contribution is 2.15. The van der Waals surface area contributed by atoms with Crippen molar-refractivity contribution in [3.05, 3.63) is 115 Å². The highest BCUT2D eigenvalue weighted by atomic mass is 16.6. The van der Waals surface area contributed by atoms with E-state index in [4.69, 9.17) is 0 Å².